The minimum Gasteiger partial charge on any atom is -0.454 e. The number of nitrogens with two attached hydrogens (primary N) is 1. The number of rotatable bonds is 6. The van der Waals surface area contributed by atoms with Crippen LogP contribution in [0.15, 0.2) is 18.2 Å². The first-order valence-corrected chi connectivity index (χ1v) is 6.98. The molecule has 1 aromatic carbocycles. The van der Waals surface area contributed by atoms with Gasteiger partial charge in [-0.05, 0) is 31.1 Å². The zero-order chi connectivity index (χ0) is 15.5. The van der Waals surface area contributed by atoms with Crippen molar-refractivity contribution in [2.45, 2.75) is 13.8 Å². The number of benzene rings is 1. The van der Waals surface area contributed by atoms with Gasteiger partial charge in [0.1, 0.15) is 0 Å². The van der Waals surface area contributed by atoms with E-state index in [9.17, 15) is 4.79 Å². The summed E-state index contributed by atoms with van der Waals surface area (Å²) in [6, 6.07) is 5.36. The molecule has 6 heteroatoms. The van der Waals surface area contributed by atoms with E-state index in [1.54, 1.807) is 18.2 Å². The zero-order valence-corrected chi connectivity index (χ0v) is 12.8. The number of fused-ring (bicyclic) bond motifs is 1. The van der Waals surface area contributed by atoms with E-state index in [2.05, 4.69) is 19.2 Å². The lowest BCUT2D eigenvalue weighted by Gasteiger charge is -2.28. The summed E-state index contributed by atoms with van der Waals surface area (Å²) < 4.78 is 10.5. The summed E-state index contributed by atoms with van der Waals surface area (Å²) in [4.78, 5) is 14.0. The predicted octanol–water partition coefficient (Wildman–Crippen LogP) is 1.27. The average Bonchev–Trinajstić information content (AvgIpc) is 2.85. The number of nitrogens with one attached hydrogen (secondary N) is 1. The fourth-order valence-corrected chi connectivity index (χ4v) is 2.27. The summed E-state index contributed by atoms with van der Waals surface area (Å²) in [5.41, 5.74) is 6.41. The fourth-order valence-electron chi connectivity index (χ4n) is 2.27. The first-order chi connectivity index (χ1) is 9.89. The normalized spacial score (nSPS) is 13.6. The molecule has 0 aliphatic carbocycles. The molecule has 0 atom stereocenters. The van der Waals surface area contributed by atoms with E-state index in [0.717, 1.165) is 6.54 Å². The Morgan fingerprint density at radius 1 is 1.38 bits per heavy atom. The molecule has 0 bridgehead atoms. The van der Waals surface area contributed by atoms with Crippen molar-refractivity contribution in [1.82, 2.24) is 4.90 Å². The second kappa shape index (κ2) is 6.32. The highest BCUT2D eigenvalue weighted by molar-refractivity contribution is 5.92. The lowest BCUT2D eigenvalue weighted by atomic mass is 9.93. The maximum absolute atomic E-state index is 12.0. The van der Waals surface area contributed by atoms with Gasteiger partial charge in [0.05, 0.1) is 6.54 Å². The number of anilines is 1. The third kappa shape index (κ3) is 4.34. The van der Waals surface area contributed by atoms with Crippen molar-refractivity contribution in [3.05, 3.63) is 18.2 Å². The smallest absolute Gasteiger partial charge is 0.238 e. The molecule has 1 aliphatic heterocycles. The minimum absolute atomic E-state index is 0.00617. The number of carbonyl (C=O) groups is 1. The second-order valence-electron chi connectivity index (χ2n) is 6.16. The molecule has 1 heterocycles. The number of ether oxygens (including phenoxy) is 2. The standard InChI is InChI=1S/C15H23N3O3/c1-15(2,8-16)9-18(3)7-14(19)17-11-4-5-12-13(6-11)21-10-20-12/h4-6H,7-10,16H2,1-3H3,(H,17,19). The van der Waals surface area contributed by atoms with Crippen molar-refractivity contribution in [2.75, 3.05) is 38.8 Å². The topological polar surface area (TPSA) is 76.8 Å². The lowest BCUT2D eigenvalue weighted by Crippen LogP contribution is -2.40. The van der Waals surface area contributed by atoms with Gasteiger partial charge in [-0.15, -0.1) is 0 Å². The molecule has 0 fully saturated rings. The van der Waals surface area contributed by atoms with Gasteiger partial charge in [-0.2, -0.15) is 0 Å². The van der Waals surface area contributed by atoms with Gasteiger partial charge >= 0.3 is 0 Å². The summed E-state index contributed by atoms with van der Waals surface area (Å²) in [7, 11) is 1.91. The number of amides is 1. The molecule has 0 unspecified atom stereocenters. The summed E-state index contributed by atoms with van der Waals surface area (Å²) in [5.74, 6) is 1.30. The molecule has 116 valence electrons. The van der Waals surface area contributed by atoms with Crippen LogP contribution in [0, 0.1) is 5.41 Å². The molecule has 0 spiro atoms. The van der Waals surface area contributed by atoms with E-state index >= 15 is 0 Å². The molecule has 0 aromatic heterocycles. The molecule has 21 heavy (non-hydrogen) atoms. The molecule has 1 aliphatic rings. The summed E-state index contributed by atoms with van der Waals surface area (Å²) >= 11 is 0. The van der Waals surface area contributed by atoms with Crippen LogP contribution in [0.4, 0.5) is 5.69 Å². The minimum atomic E-state index is -0.0656. The Bertz CT molecular complexity index is 517. The largest absolute Gasteiger partial charge is 0.454 e. The molecule has 0 radical (unpaired) electrons. The SMILES string of the molecule is CN(CC(=O)Nc1ccc2c(c1)OCO2)CC(C)(C)CN. The average molecular weight is 293 g/mol. The highest BCUT2D eigenvalue weighted by Gasteiger charge is 2.20. The van der Waals surface area contributed by atoms with Crippen LogP contribution in [0.1, 0.15) is 13.8 Å². The summed E-state index contributed by atoms with van der Waals surface area (Å²) in [5, 5.41) is 2.86. The van der Waals surface area contributed by atoms with Crippen LogP contribution in [0.25, 0.3) is 0 Å². The van der Waals surface area contributed by atoms with Crippen LogP contribution in [0.5, 0.6) is 11.5 Å². The maximum atomic E-state index is 12.0. The molecule has 0 saturated carbocycles. The van der Waals surface area contributed by atoms with Gasteiger partial charge in [0, 0.05) is 18.3 Å². The van der Waals surface area contributed by atoms with E-state index in [1.807, 2.05) is 11.9 Å². The van der Waals surface area contributed by atoms with E-state index in [1.165, 1.54) is 0 Å². The molecule has 1 amide bonds. The van der Waals surface area contributed by atoms with E-state index in [0.29, 0.717) is 30.3 Å². The molecule has 1 aromatic rings. The van der Waals surface area contributed by atoms with Crippen LogP contribution in [0.2, 0.25) is 0 Å². The fraction of sp³-hybridized carbons (Fsp3) is 0.533. The molecule has 0 saturated heterocycles. The van der Waals surface area contributed by atoms with Crippen molar-refractivity contribution in [1.29, 1.82) is 0 Å². The quantitative estimate of drug-likeness (QED) is 0.826. The molecular weight excluding hydrogens is 270 g/mol. The van der Waals surface area contributed by atoms with Crippen molar-refractivity contribution in [3.8, 4) is 11.5 Å². The molecule has 3 N–H and O–H groups in total. The van der Waals surface area contributed by atoms with E-state index in [4.69, 9.17) is 15.2 Å². The number of likely N-dealkylation sites (N-methyl/N-ethyl adjacent to an activating group) is 1. The maximum Gasteiger partial charge on any atom is 0.238 e. The number of carbonyl (C=O) groups excluding carboxylic acids is 1. The summed E-state index contributed by atoms with van der Waals surface area (Å²) in [6.07, 6.45) is 0. The Labute approximate surface area is 125 Å². The third-order valence-corrected chi connectivity index (χ3v) is 3.32. The van der Waals surface area contributed by atoms with E-state index in [-0.39, 0.29) is 18.1 Å². The zero-order valence-electron chi connectivity index (χ0n) is 12.8. The second-order valence-corrected chi connectivity index (χ2v) is 6.16. The highest BCUT2D eigenvalue weighted by Crippen LogP contribution is 2.34. The Morgan fingerprint density at radius 2 is 2.10 bits per heavy atom. The number of hydrogen-bond acceptors (Lipinski definition) is 5. The van der Waals surface area contributed by atoms with Gasteiger partial charge in [-0.1, -0.05) is 13.8 Å². The van der Waals surface area contributed by atoms with Crippen molar-refractivity contribution < 1.29 is 14.3 Å². The summed E-state index contributed by atoms with van der Waals surface area (Å²) in [6.45, 7) is 6.05. The van der Waals surface area contributed by atoms with Gasteiger partial charge in [0.25, 0.3) is 0 Å². The molecular formula is C15H23N3O3. The van der Waals surface area contributed by atoms with Crippen LogP contribution in [-0.2, 0) is 4.79 Å². The van der Waals surface area contributed by atoms with Crippen molar-refractivity contribution >= 4 is 11.6 Å². The number of hydrogen-bond donors (Lipinski definition) is 2. The van der Waals surface area contributed by atoms with Gasteiger partial charge in [0.15, 0.2) is 11.5 Å². The Hall–Kier alpha value is -1.79. The predicted molar refractivity (Wildman–Crippen MR) is 81.5 cm³/mol. The van der Waals surface area contributed by atoms with Crippen molar-refractivity contribution in [2.24, 2.45) is 11.1 Å². The highest BCUT2D eigenvalue weighted by atomic mass is 16.7. The first kappa shape index (κ1) is 15.6. The first-order valence-electron chi connectivity index (χ1n) is 6.98. The Kier molecular flexibility index (Phi) is 4.69. The van der Waals surface area contributed by atoms with Gasteiger partial charge in [-0.25, -0.2) is 0 Å². The monoisotopic (exact) mass is 293 g/mol. The van der Waals surface area contributed by atoms with Gasteiger partial charge in [0.2, 0.25) is 12.7 Å². The van der Waals surface area contributed by atoms with E-state index < -0.39 is 0 Å². The van der Waals surface area contributed by atoms with Crippen LogP contribution in [-0.4, -0.2) is 44.3 Å². The molecule has 6 nitrogen and oxygen atoms in total. The van der Waals surface area contributed by atoms with Crippen LogP contribution < -0.4 is 20.5 Å². The van der Waals surface area contributed by atoms with Crippen LogP contribution >= 0.6 is 0 Å². The molecule has 2 rings (SSSR count). The number of nitrogens with zero attached hydrogens (tertiary/aromatic N) is 1. The lowest BCUT2D eigenvalue weighted by molar-refractivity contribution is -0.117. The Balaban J connectivity index is 1.87. The van der Waals surface area contributed by atoms with Gasteiger partial charge in [-0.3, -0.25) is 9.69 Å². The third-order valence-electron chi connectivity index (χ3n) is 3.32. The van der Waals surface area contributed by atoms with Gasteiger partial charge < -0.3 is 20.5 Å². The van der Waals surface area contributed by atoms with Crippen LogP contribution in [0.3, 0.4) is 0 Å². The Morgan fingerprint density at radius 3 is 2.81 bits per heavy atom. The van der Waals surface area contributed by atoms with Crippen molar-refractivity contribution in [3.63, 3.8) is 0 Å².